The van der Waals surface area contributed by atoms with E-state index in [9.17, 15) is 15.0 Å². The zero-order valence-electron chi connectivity index (χ0n) is 17.4. The number of aromatic hydroxyl groups is 1. The lowest BCUT2D eigenvalue weighted by atomic mass is 10.0. The largest absolute Gasteiger partial charge is 0.508 e. The maximum atomic E-state index is 11.5. The van der Waals surface area contributed by atoms with Crippen molar-refractivity contribution in [2.75, 3.05) is 4.90 Å². The molecule has 2 atom stereocenters. The summed E-state index contributed by atoms with van der Waals surface area (Å²) in [6.45, 7) is 0. The number of thiocarbonyl (C=S) groups is 1. The SMILES string of the molecule is O=C(O)c1cccc(-n2cccc2[C@H]2[C@H](c3ccccn3)NC(=S)N2c2ccc(O)cc2)c1. The van der Waals surface area contributed by atoms with Crippen LogP contribution in [0.4, 0.5) is 5.69 Å². The van der Waals surface area contributed by atoms with Crippen LogP contribution in [-0.4, -0.2) is 30.8 Å². The highest BCUT2D eigenvalue weighted by atomic mass is 32.1. The van der Waals surface area contributed by atoms with Crippen molar-refractivity contribution in [3.63, 3.8) is 0 Å². The molecule has 1 aliphatic heterocycles. The Kier molecular flexibility index (Phi) is 5.27. The van der Waals surface area contributed by atoms with Crippen molar-refractivity contribution in [3.05, 3.63) is 108 Å². The Hall–Kier alpha value is -4.17. The van der Waals surface area contributed by atoms with Crippen molar-refractivity contribution in [2.24, 2.45) is 0 Å². The molecule has 5 rings (SSSR count). The van der Waals surface area contributed by atoms with Gasteiger partial charge in [-0.3, -0.25) is 4.98 Å². The van der Waals surface area contributed by atoms with Crippen LogP contribution in [0, 0.1) is 0 Å². The van der Waals surface area contributed by atoms with E-state index in [4.69, 9.17) is 12.2 Å². The molecule has 0 unspecified atom stereocenters. The van der Waals surface area contributed by atoms with Gasteiger partial charge in [0.15, 0.2) is 5.11 Å². The summed E-state index contributed by atoms with van der Waals surface area (Å²) >= 11 is 5.74. The number of aromatic nitrogens is 2. The third-order valence-electron chi connectivity index (χ3n) is 5.68. The molecular formula is C25H20N4O3S. The highest BCUT2D eigenvalue weighted by molar-refractivity contribution is 7.80. The average molecular weight is 457 g/mol. The van der Waals surface area contributed by atoms with Gasteiger partial charge in [-0.25, -0.2) is 4.79 Å². The Morgan fingerprint density at radius 1 is 0.970 bits per heavy atom. The van der Waals surface area contributed by atoms with Crippen molar-refractivity contribution in [1.29, 1.82) is 0 Å². The fourth-order valence-corrected chi connectivity index (χ4v) is 4.55. The van der Waals surface area contributed by atoms with Crippen LogP contribution < -0.4 is 10.2 Å². The summed E-state index contributed by atoms with van der Waals surface area (Å²) < 4.78 is 1.97. The predicted molar refractivity (Wildman–Crippen MR) is 129 cm³/mol. The van der Waals surface area contributed by atoms with E-state index in [1.165, 1.54) is 0 Å². The molecule has 1 fully saturated rings. The number of nitrogens with one attached hydrogen (secondary N) is 1. The van der Waals surface area contributed by atoms with E-state index in [-0.39, 0.29) is 23.4 Å². The van der Waals surface area contributed by atoms with Crippen molar-refractivity contribution < 1.29 is 15.0 Å². The first kappa shape index (κ1) is 20.7. The summed E-state index contributed by atoms with van der Waals surface area (Å²) in [5.41, 5.74) is 3.51. The third kappa shape index (κ3) is 3.81. The van der Waals surface area contributed by atoms with Crippen LogP contribution in [0.3, 0.4) is 0 Å². The van der Waals surface area contributed by atoms with Gasteiger partial charge in [-0.15, -0.1) is 0 Å². The topological polar surface area (TPSA) is 90.6 Å². The molecule has 164 valence electrons. The Morgan fingerprint density at radius 2 is 1.79 bits per heavy atom. The zero-order valence-corrected chi connectivity index (χ0v) is 18.2. The van der Waals surface area contributed by atoms with Crippen molar-refractivity contribution in [1.82, 2.24) is 14.9 Å². The minimum absolute atomic E-state index is 0.170. The number of benzene rings is 2. The molecule has 1 aliphatic rings. The van der Waals surface area contributed by atoms with Crippen molar-refractivity contribution in [3.8, 4) is 11.4 Å². The number of hydrogen-bond acceptors (Lipinski definition) is 4. The first-order valence-corrected chi connectivity index (χ1v) is 10.7. The second-order valence-corrected chi connectivity index (χ2v) is 8.06. The third-order valence-corrected chi connectivity index (χ3v) is 6.00. The van der Waals surface area contributed by atoms with Crippen LogP contribution in [0.25, 0.3) is 5.69 Å². The number of phenolic OH excluding ortho intramolecular Hbond substituents is 1. The molecule has 0 aliphatic carbocycles. The second-order valence-electron chi connectivity index (χ2n) is 7.67. The number of nitrogens with zero attached hydrogens (tertiary/aromatic N) is 3. The lowest BCUT2D eigenvalue weighted by Crippen LogP contribution is -2.30. The predicted octanol–water partition coefficient (Wildman–Crippen LogP) is 4.45. The molecule has 0 spiro atoms. The van der Waals surface area contributed by atoms with Crippen molar-refractivity contribution >= 4 is 29.0 Å². The van der Waals surface area contributed by atoms with Crippen LogP contribution in [0.2, 0.25) is 0 Å². The van der Waals surface area contributed by atoms with Crippen LogP contribution >= 0.6 is 12.2 Å². The molecule has 2 aromatic heterocycles. The summed E-state index contributed by atoms with van der Waals surface area (Å²) in [5.74, 6) is -0.810. The minimum atomic E-state index is -0.980. The maximum absolute atomic E-state index is 11.5. The van der Waals surface area contributed by atoms with E-state index in [1.807, 2.05) is 64.2 Å². The first-order valence-electron chi connectivity index (χ1n) is 10.3. The number of carboxylic acid groups (broad SMARTS) is 1. The molecule has 0 amide bonds. The molecule has 7 nitrogen and oxygen atoms in total. The number of aromatic carboxylic acids is 1. The molecule has 8 heteroatoms. The fraction of sp³-hybridized carbons (Fsp3) is 0.0800. The van der Waals surface area contributed by atoms with Gasteiger partial charge in [0, 0.05) is 29.5 Å². The zero-order chi connectivity index (χ0) is 22.9. The Balaban J connectivity index is 1.66. The minimum Gasteiger partial charge on any atom is -0.508 e. The highest BCUT2D eigenvalue weighted by Gasteiger charge is 2.42. The number of hydrogen-bond donors (Lipinski definition) is 3. The van der Waals surface area contributed by atoms with E-state index in [2.05, 4.69) is 10.3 Å². The lowest BCUT2D eigenvalue weighted by Gasteiger charge is -2.29. The molecular weight excluding hydrogens is 436 g/mol. The smallest absolute Gasteiger partial charge is 0.335 e. The molecule has 33 heavy (non-hydrogen) atoms. The van der Waals surface area contributed by atoms with Gasteiger partial charge < -0.3 is 25.0 Å². The molecule has 3 heterocycles. The van der Waals surface area contributed by atoms with Gasteiger partial charge in [-0.05, 0) is 78.9 Å². The standard InChI is InChI=1S/C25H20N4O3S/c30-19-11-9-17(10-12-19)29-23(22(27-25(29)33)20-7-1-2-13-26-20)21-8-4-14-28(21)18-6-3-5-16(15-18)24(31)32/h1-15,22-23,30H,(H,27,33)(H,31,32)/t22-,23-/m0/s1. The maximum Gasteiger partial charge on any atom is 0.335 e. The number of rotatable bonds is 5. The Bertz CT molecular complexity index is 1320. The Morgan fingerprint density at radius 3 is 2.52 bits per heavy atom. The van der Waals surface area contributed by atoms with E-state index in [1.54, 1.807) is 36.5 Å². The van der Waals surface area contributed by atoms with E-state index in [0.717, 1.165) is 22.8 Å². The molecule has 2 aromatic carbocycles. The molecule has 4 aromatic rings. The van der Waals surface area contributed by atoms with Gasteiger partial charge in [-0.1, -0.05) is 12.1 Å². The van der Waals surface area contributed by atoms with E-state index >= 15 is 0 Å². The summed E-state index contributed by atoms with van der Waals surface area (Å²) in [6, 6.07) is 22.8. The molecule has 0 saturated carbocycles. The van der Waals surface area contributed by atoms with Gasteiger partial charge >= 0.3 is 5.97 Å². The van der Waals surface area contributed by atoms with Gasteiger partial charge in [0.05, 0.1) is 17.3 Å². The van der Waals surface area contributed by atoms with Crippen LogP contribution in [-0.2, 0) is 0 Å². The number of carboxylic acids is 1. The normalized spacial score (nSPS) is 17.7. The van der Waals surface area contributed by atoms with Gasteiger partial charge in [0.2, 0.25) is 0 Å². The molecule has 1 saturated heterocycles. The lowest BCUT2D eigenvalue weighted by molar-refractivity contribution is 0.0697. The summed E-state index contributed by atoms with van der Waals surface area (Å²) in [6.07, 6.45) is 3.65. The monoisotopic (exact) mass is 456 g/mol. The van der Waals surface area contributed by atoms with Gasteiger partial charge in [0.25, 0.3) is 0 Å². The number of anilines is 1. The summed E-state index contributed by atoms with van der Waals surface area (Å²) in [5, 5.41) is 23.2. The van der Waals surface area contributed by atoms with E-state index in [0.29, 0.717) is 5.11 Å². The first-order chi connectivity index (χ1) is 16.0. The molecule has 0 radical (unpaired) electrons. The number of carbonyl (C=O) groups is 1. The van der Waals surface area contributed by atoms with Gasteiger partial charge in [0.1, 0.15) is 11.8 Å². The quantitative estimate of drug-likeness (QED) is 0.382. The fourth-order valence-electron chi connectivity index (χ4n) is 4.21. The van der Waals surface area contributed by atoms with Crippen LogP contribution in [0.15, 0.2) is 91.3 Å². The molecule has 3 N–H and O–H groups in total. The summed E-state index contributed by atoms with van der Waals surface area (Å²) in [4.78, 5) is 18.1. The molecule has 0 bridgehead atoms. The average Bonchev–Trinajstić information content (AvgIpc) is 3.44. The summed E-state index contributed by atoms with van der Waals surface area (Å²) in [7, 11) is 0. The highest BCUT2D eigenvalue weighted by Crippen LogP contribution is 2.42. The van der Waals surface area contributed by atoms with Crippen molar-refractivity contribution in [2.45, 2.75) is 12.1 Å². The number of pyridine rings is 1. The Labute approximate surface area is 195 Å². The van der Waals surface area contributed by atoms with Gasteiger partial charge in [-0.2, -0.15) is 0 Å². The van der Waals surface area contributed by atoms with Crippen LogP contribution in [0.5, 0.6) is 5.75 Å². The number of phenols is 1. The second kappa shape index (κ2) is 8.40. The van der Waals surface area contributed by atoms with E-state index < -0.39 is 5.97 Å². The van der Waals surface area contributed by atoms with Crippen LogP contribution in [0.1, 0.15) is 33.8 Å².